The number of carbonyl (C=O) groups is 2. The van der Waals surface area contributed by atoms with Gasteiger partial charge in [0.2, 0.25) is 0 Å². The number of benzene rings is 2. The van der Waals surface area contributed by atoms with Crippen molar-refractivity contribution in [2.24, 2.45) is 7.05 Å². The maximum Gasteiger partial charge on any atom is 0.291 e. The minimum atomic E-state index is -0.394. The Morgan fingerprint density at radius 2 is 1.82 bits per heavy atom. The molecule has 2 amide bonds. The summed E-state index contributed by atoms with van der Waals surface area (Å²) in [6.07, 6.45) is 5.02. The molecule has 8 nitrogen and oxygen atoms in total. The first kappa shape index (κ1) is 21.4. The van der Waals surface area contributed by atoms with Gasteiger partial charge in [-0.05, 0) is 30.3 Å². The fraction of sp³-hybridized carbons (Fsp3) is 0.0400. The van der Waals surface area contributed by atoms with Crippen LogP contribution in [0.25, 0.3) is 22.0 Å². The largest absolute Gasteiger partial charge is 0.459 e. The molecule has 0 aliphatic rings. The molecule has 3 heterocycles. The van der Waals surface area contributed by atoms with E-state index >= 15 is 0 Å². The van der Waals surface area contributed by atoms with Crippen molar-refractivity contribution < 1.29 is 14.0 Å². The van der Waals surface area contributed by atoms with Gasteiger partial charge in [-0.25, -0.2) is 9.97 Å². The first-order valence-corrected chi connectivity index (χ1v) is 11.2. The lowest BCUT2D eigenvalue weighted by Gasteiger charge is -2.06. The molecule has 2 N–H and O–H groups in total. The number of hydrogen-bond donors (Lipinski definition) is 2. The Morgan fingerprint density at radius 3 is 2.56 bits per heavy atom. The normalized spacial score (nSPS) is 10.7. The molecule has 0 saturated carbocycles. The van der Waals surface area contributed by atoms with Gasteiger partial charge in [-0.2, -0.15) is 0 Å². The highest BCUT2D eigenvalue weighted by Gasteiger charge is 2.20. The van der Waals surface area contributed by atoms with E-state index in [2.05, 4.69) is 15.6 Å². The monoisotopic (exact) mass is 469 g/mol. The quantitative estimate of drug-likeness (QED) is 0.351. The molecule has 0 radical (unpaired) electrons. The van der Waals surface area contributed by atoms with E-state index < -0.39 is 5.91 Å². The van der Waals surface area contributed by atoms with Gasteiger partial charge < -0.3 is 14.3 Å². The third-order valence-corrected chi connectivity index (χ3v) is 6.01. The van der Waals surface area contributed by atoms with Gasteiger partial charge in [0.15, 0.2) is 16.7 Å². The summed E-state index contributed by atoms with van der Waals surface area (Å²) in [4.78, 5) is 35.2. The maximum atomic E-state index is 13.0. The maximum absolute atomic E-state index is 13.0. The smallest absolute Gasteiger partial charge is 0.291 e. The van der Waals surface area contributed by atoms with Gasteiger partial charge in [0, 0.05) is 36.3 Å². The van der Waals surface area contributed by atoms with Gasteiger partial charge in [-0.3, -0.25) is 14.9 Å². The van der Waals surface area contributed by atoms with Crippen LogP contribution in [0.15, 0.2) is 89.8 Å². The van der Waals surface area contributed by atoms with Crippen LogP contribution in [0.4, 0.5) is 10.8 Å². The second-order valence-electron chi connectivity index (χ2n) is 7.39. The van der Waals surface area contributed by atoms with Crippen LogP contribution >= 0.6 is 11.3 Å². The van der Waals surface area contributed by atoms with E-state index in [1.54, 1.807) is 42.6 Å². The highest BCUT2D eigenvalue weighted by Crippen LogP contribution is 2.38. The summed E-state index contributed by atoms with van der Waals surface area (Å²) in [7, 11) is 1.91. The molecule has 5 aromatic rings. The highest BCUT2D eigenvalue weighted by atomic mass is 32.1. The van der Waals surface area contributed by atoms with Crippen LogP contribution in [0.3, 0.4) is 0 Å². The Labute approximate surface area is 198 Å². The number of aromatic nitrogens is 3. The van der Waals surface area contributed by atoms with E-state index in [1.807, 2.05) is 48.1 Å². The summed E-state index contributed by atoms with van der Waals surface area (Å²) in [6, 6.07) is 19.6. The number of anilines is 2. The molecule has 0 aliphatic heterocycles. The number of amides is 2. The van der Waals surface area contributed by atoms with Gasteiger partial charge in [0.25, 0.3) is 11.8 Å². The van der Waals surface area contributed by atoms with E-state index in [-0.39, 0.29) is 11.7 Å². The van der Waals surface area contributed by atoms with Crippen LogP contribution in [-0.4, -0.2) is 26.3 Å². The van der Waals surface area contributed by atoms with Gasteiger partial charge in [0.1, 0.15) is 0 Å². The Morgan fingerprint density at radius 1 is 0.971 bits per heavy atom. The molecule has 0 spiro atoms. The summed E-state index contributed by atoms with van der Waals surface area (Å²) >= 11 is 1.35. The number of furan rings is 1. The zero-order valence-electron chi connectivity index (χ0n) is 18.1. The molecule has 34 heavy (non-hydrogen) atoms. The predicted octanol–water partition coefficient (Wildman–Crippen LogP) is 5.31. The summed E-state index contributed by atoms with van der Waals surface area (Å²) in [6.45, 7) is 0. The molecule has 9 heteroatoms. The molecule has 0 fully saturated rings. The second-order valence-corrected chi connectivity index (χ2v) is 8.39. The van der Waals surface area contributed by atoms with Crippen molar-refractivity contribution in [1.29, 1.82) is 0 Å². The average Bonchev–Trinajstić information content (AvgIpc) is 3.61. The molecule has 5 rings (SSSR count). The zero-order chi connectivity index (χ0) is 23.5. The molecule has 0 atom stereocenters. The molecular weight excluding hydrogens is 450 g/mol. The highest BCUT2D eigenvalue weighted by molar-refractivity contribution is 7.19. The first-order valence-electron chi connectivity index (χ1n) is 10.4. The van der Waals surface area contributed by atoms with E-state index in [9.17, 15) is 9.59 Å². The predicted molar refractivity (Wildman–Crippen MR) is 131 cm³/mol. The van der Waals surface area contributed by atoms with Crippen molar-refractivity contribution in [3.8, 4) is 22.0 Å². The minimum absolute atomic E-state index is 0.188. The van der Waals surface area contributed by atoms with Crippen molar-refractivity contribution in [3.05, 3.63) is 96.7 Å². The second kappa shape index (κ2) is 9.16. The number of hydrogen-bond acceptors (Lipinski definition) is 6. The van der Waals surface area contributed by atoms with Crippen molar-refractivity contribution in [3.63, 3.8) is 0 Å². The lowest BCUT2D eigenvalue weighted by molar-refractivity contribution is 0.0993. The Balaban J connectivity index is 1.40. The molecule has 0 saturated heterocycles. The third-order valence-electron chi connectivity index (χ3n) is 5.05. The number of nitrogens with zero attached hydrogens (tertiary/aromatic N) is 3. The number of imidazole rings is 1. The van der Waals surface area contributed by atoms with Crippen molar-refractivity contribution >= 4 is 34.0 Å². The van der Waals surface area contributed by atoms with E-state index in [0.717, 1.165) is 22.0 Å². The minimum Gasteiger partial charge on any atom is -0.459 e. The van der Waals surface area contributed by atoms with Crippen LogP contribution in [0, 0.1) is 0 Å². The van der Waals surface area contributed by atoms with Gasteiger partial charge in [-0.1, -0.05) is 47.7 Å². The number of nitrogens with one attached hydrogen (secondary N) is 2. The number of aryl methyl sites for hydroxylation is 1. The molecule has 3 aromatic heterocycles. The molecule has 0 bridgehead atoms. The molecule has 168 valence electrons. The fourth-order valence-corrected chi connectivity index (χ4v) is 4.43. The van der Waals surface area contributed by atoms with E-state index in [0.29, 0.717) is 16.4 Å². The van der Waals surface area contributed by atoms with Gasteiger partial charge >= 0.3 is 0 Å². The first-order chi connectivity index (χ1) is 16.6. The van der Waals surface area contributed by atoms with Crippen molar-refractivity contribution in [1.82, 2.24) is 14.5 Å². The average molecular weight is 470 g/mol. The van der Waals surface area contributed by atoms with Gasteiger partial charge in [-0.15, -0.1) is 0 Å². The van der Waals surface area contributed by atoms with Crippen molar-refractivity contribution in [2.75, 3.05) is 10.6 Å². The molecular formula is C25H19N5O3S. The third kappa shape index (κ3) is 4.37. The molecule has 2 aromatic carbocycles. The fourth-order valence-electron chi connectivity index (χ4n) is 3.41. The van der Waals surface area contributed by atoms with Crippen molar-refractivity contribution in [2.45, 2.75) is 0 Å². The summed E-state index contributed by atoms with van der Waals surface area (Å²) < 4.78 is 7.02. The van der Waals surface area contributed by atoms with E-state index in [1.165, 1.54) is 17.6 Å². The SMILES string of the molecule is Cn1ccnc1-c1sc(NC(=O)c2cccc(NC(=O)c3ccco3)c2)nc1-c1ccccc1. The summed E-state index contributed by atoms with van der Waals surface area (Å²) in [5.41, 5.74) is 2.54. The van der Waals surface area contributed by atoms with Gasteiger partial charge in [0.05, 0.1) is 16.8 Å². The van der Waals surface area contributed by atoms with Crippen LogP contribution in [0.2, 0.25) is 0 Å². The summed E-state index contributed by atoms with van der Waals surface area (Å²) in [5.74, 6) is 0.218. The lowest BCUT2D eigenvalue weighted by Crippen LogP contribution is -2.14. The summed E-state index contributed by atoms with van der Waals surface area (Å²) in [5, 5.41) is 6.06. The van der Waals surface area contributed by atoms with Crippen LogP contribution in [0.5, 0.6) is 0 Å². The molecule has 0 aliphatic carbocycles. The zero-order valence-corrected chi connectivity index (χ0v) is 18.9. The van der Waals surface area contributed by atoms with Crippen LogP contribution in [0.1, 0.15) is 20.9 Å². The lowest BCUT2D eigenvalue weighted by atomic mass is 10.1. The van der Waals surface area contributed by atoms with Crippen LogP contribution in [-0.2, 0) is 7.05 Å². The number of thiazole rings is 1. The molecule has 0 unspecified atom stereocenters. The Bertz CT molecular complexity index is 1460. The standard InChI is InChI=1S/C25H19N5O3S/c1-30-13-12-26-22(30)21-20(16-7-3-2-4-8-16)28-25(34-21)29-23(31)17-9-5-10-18(15-17)27-24(32)19-11-6-14-33-19/h2-15H,1H3,(H,27,32)(H,28,29,31). The Kier molecular flexibility index (Phi) is 5.75. The van der Waals surface area contributed by atoms with Crippen LogP contribution < -0.4 is 10.6 Å². The van der Waals surface area contributed by atoms with E-state index in [4.69, 9.17) is 9.40 Å². The number of carbonyl (C=O) groups excluding carboxylic acids is 2. The topological polar surface area (TPSA) is 102 Å². The number of rotatable bonds is 6. The Hall–Kier alpha value is -4.50.